The Labute approximate surface area is 127 Å². The second-order valence-corrected chi connectivity index (χ2v) is 5.91. The molecule has 0 N–H and O–H groups in total. The van der Waals surface area contributed by atoms with E-state index in [-0.39, 0.29) is 0 Å². The minimum Gasteiger partial charge on any atom is -0.336 e. The first kappa shape index (κ1) is 14.3. The third-order valence-electron chi connectivity index (χ3n) is 4.19. The fourth-order valence-electron chi connectivity index (χ4n) is 2.92. The molecule has 0 radical (unpaired) electrons. The first-order chi connectivity index (χ1) is 10.3. The zero-order valence-electron chi connectivity index (χ0n) is 12.8. The first-order valence-electron chi connectivity index (χ1n) is 7.75. The number of hydrogen-bond donors (Lipinski definition) is 0. The lowest BCUT2D eigenvalue weighted by Gasteiger charge is -2.34. The summed E-state index contributed by atoms with van der Waals surface area (Å²) in [6.07, 6.45) is 5.78. The Morgan fingerprint density at radius 3 is 2.57 bits per heavy atom. The highest BCUT2D eigenvalue weighted by molar-refractivity contribution is 5.22. The number of aryl methyl sites for hydroxylation is 1. The number of hydrogen-bond acceptors (Lipinski definition) is 3. The molecule has 1 aromatic heterocycles. The Hall–Kier alpha value is -1.65. The quantitative estimate of drug-likeness (QED) is 0.839. The van der Waals surface area contributed by atoms with Gasteiger partial charge in [-0.25, -0.2) is 4.98 Å². The summed E-state index contributed by atoms with van der Waals surface area (Å²) < 4.78 is 2.15. The molecule has 0 saturated carbocycles. The normalized spacial score (nSPS) is 17.2. The molecular formula is C17H24N4. The van der Waals surface area contributed by atoms with Crippen LogP contribution in [0.3, 0.4) is 0 Å². The molecule has 112 valence electrons. The Balaban J connectivity index is 1.42. The zero-order chi connectivity index (χ0) is 14.5. The molecular weight excluding hydrogens is 260 g/mol. The van der Waals surface area contributed by atoms with E-state index >= 15 is 0 Å². The van der Waals surface area contributed by atoms with Crippen LogP contribution >= 0.6 is 0 Å². The van der Waals surface area contributed by atoms with Gasteiger partial charge >= 0.3 is 0 Å². The minimum atomic E-state index is 1.04. The second kappa shape index (κ2) is 6.87. The van der Waals surface area contributed by atoms with Crippen LogP contribution in [0.4, 0.5) is 0 Å². The van der Waals surface area contributed by atoms with Crippen molar-refractivity contribution in [1.82, 2.24) is 19.4 Å². The van der Waals surface area contributed by atoms with Crippen LogP contribution in [0.5, 0.6) is 0 Å². The van der Waals surface area contributed by atoms with Gasteiger partial charge in [0.1, 0.15) is 0 Å². The Morgan fingerprint density at radius 1 is 1.05 bits per heavy atom. The van der Waals surface area contributed by atoms with Gasteiger partial charge < -0.3 is 4.57 Å². The van der Waals surface area contributed by atoms with Gasteiger partial charge in [-0.2, -0.15) is 0 Å². The molecule has 0 amide bonds. The van der Waals surface area contributed by atoms with Crippen molar-refractivity contribution in [1.29, 1.82) is 0 Å². The van der Waals surface area contributed by atoms with E-state index < -0.39 is 0 Å². The second-order valence-electron chi connectivity index (χ2n) is 5.91. The fourth-order valence-corrected chi connectivity index (χ4v) is 2.92. The van der Waals surface area contributed by atoms with Crippen LogP contribution < -0.4 is 0 Å². The van der Waals surface area contributed by atoms with Gasteiger partial charge in [-0.1, -0.05) is 29.8 Å². The number of piperazine rings is 1. The maximum absolute atomic E-state index is 4.09. The summed E-state index contributed by atoms with van der Waals surface area (Å²) in [6, 6.07) is 8.85. The van der Waals surface area contributed by atoms with E-state index in [4.69, 9.17) is 0 Å². The third kappa shape index (κ3) is 4.16. The van der Waals surface area contributed by atoms with Gasteiger partial charge in [-0.05, 0) is 12.5 Å². The lowest BCUT2D eigenvalue weighted by atomic mass is 10.1. The molecule has 0 aliphatic carbocycles. The maximum Gasteiger partial charge on any atom is 0.0946 e. The molecule has 0 unspecified atom stereocenters. The summed E-state index contributed by atoms with van der Waals surface area (Å²) in [6.45, 7) is 10.1. The number of imidazole rings is 1. The van der Waals surface area contributed by atoms with Crippen molar-refractivity contribution in [3.63, 3.8) is 0 Å². The Bertz CT molecular complexity index is 542. The number of nitrogens with zero attached hydrogens (tertiary/aromatic N) is 4. The van der Waals surface area contributed by atoms with E-state index in [1.165, 1.54) is 24.2 Å². The van der Waals surface area contributed by atoms with Gasteiger partial charge in [0.05, 0.1) is 6.33 Å². The van der Waals surface area contributed by atoms with Gasteiger partial charge in [0.15, 0.2) is 0 Å². The molecule has 1 aliphatic rings. The van der Waals surface area contributed by atoms with Crippen LogP contribution in [0.15, 0.2) is 43.0 Å². The summed E-state index contributed by atoms with van der Waals surface area (Å²) in [7, 11) is 0. The molecule has 2 aromatic rings. The van der Waals surface area contributed by atoms with Crippen molar-refractivity contribution in [3.05, 3.63) is 54.1 Å². The molecule has 0 bridgehead atoms. The minimum absolute atomic E-state index is 1.04. The SMILES string of the molecule is Cc1cccc(CN2CCN(CCn3ccnc3)CC2)c1. The highest BCUT2D eigenvalue weighted by atomic mass is 15.3. The van der Waals surface area contributed by atoms with Gasteiger partial charge in [-0.15, -0.1) is 0 Å². The van der Waals surface area contributed by atoms with Crippen LogP contribution in [-0.4, -0.2) is 52.1 Å². The molecule has 2 heterocycles. The summed E-state index contributed by atoms with van der Waals surface area (Å²) in [5.41, 5.74) is 2.79. The third-order valence-corrected chi connectivity index (χ3v) is 4.19. The van der Waals surface area contributed by atoms with Crippen molar-refractivity contribution in [3.8, 4) is 0 Å². The van der Waals surface area contributed by atoms with Crippen molar-refractivity contribution in [2.24, 2.45) is 0 Å². The van der Waals surface area contributed by atoms with Crippen LogP contribution in [0, 0.1) is 6.92 Å². The van der Waals surface area contributed by atoms with Crippen molar-refractivity contribution in [2.75, 3.05) is 32.7 Å². The highest BCUT2D eigenvalue weighted by Crippen LogP contribution is 2.10. The van der Waals surface area contributed by atoms with Crippen LogP contribution in [0.2, 0.25) is 0 Å². The van der Waals surface area contributed by atoms with Crippen molar-refractivity contribution >= 4 is 0 Å². The molecule has 1 saturated heterocycles. The van der Waals surface area contributed by atoms with E-state index in [1.54, 1.807) is 0 Å². The van der Waals surface area contributed by atoms with Gasteiger partial charge in [0, 0.05) is 58.2 Å². The topological polar surface area (TPSA) is 24.3 Å². The van der Waals surface area contributed by atoms with E-state index in [2.05, 4.69) is 50.5 Å². The predicted octanol–water partition coefficient (Wildman–Crippen LogP) is 2.01. The standard InChI is InChI=1S/C17H24N4/c1-16-3-2-4-17(13-16)14-20-10-7-19(8-11-20)9-12-21-6-5-18-15-21/h2-6,13,15H,7-12,14H2,1H3. The Morgan fingerprint density at radius 2 is 1.86 bits per heavy atom. The number of rotatable bonds is 5. The fraction of sp³-hybridized carbons (Fsp3) is 0.471. The monoisotopic (exact) mass is 284 g/mol. The summed E-state index contributed by atoms with van der Waals surface area (Å²) in [4.78, 5) is 9.19. The summed E-state index contributed by atoms with van der Waals surface area (Å²) in [5.74, 6) is 0. The van der Waals surface area contributed by atoms with Crippen LogP contribution in [-0.2, 0) is 13.1 Å². The maximum atomic E-state index is 4.09. The average molecular weight is 284 g/mol. The first-order valence-corrected chi connectivity index (χ1v) is 7.75. The molecule has 4 nitrogen and oxygen atoms in total. The summed E-state index contributed by atoms with van der Waals surface area (Å²) >= 11 is 0. The lowest BCUT2D eigenvalue weighted by Crippen LogP contribution is -2.46. The van der Waals surface area contributed by atoms with Crippen molar-refractivity contribution in [2.45, 2.75) is 20.0 Å². The molecule has 0 atom stereocenters. The molecule has 0 spiro atoms. The van der Waals surface area contributed by atoms with Crippen molar-refractivity contribution < 1.29 is 0 Å². The zero-order valence-corrected chi connectivity index (χ0v) is 12.8. The van der Waals surface area contributed by atoms with Gasteiger partial charge in [-0.3, -0.25) is 9.80 Å². The predicted molar refractivity (Wildman–Crippen MR) is 85.1 cm³/mol. The number of aromatic nitrogens is 2. The van der Waals surface area contributed by atoms with E-state index in [0.29, 0.717) is 0 Å². The van der Waals surface area contributed by atoms with E-state index in [1.807, 2.05) is 18.7 Å². The lowest BCUT2D eigenvalue weighted by molar-refractivity contribution is 0.124. The average Bonchev–Trinajstić information content (AvgIpc) is 3.00. The summed E-state index contributed by atoms with van der Waals surface area (Å²) in [5, 5.41) is 0. The molecule has 21 heavy (non-hydrogen) atoms. The van der Waals surface area contributed by atoms with E-state index in [0.717, 1.165) is 32.7 Å². The molecule has 4 heteroatoms. The largest absolute Gasteiger partial charge is 0.336 e. The number of benzene rings is 1. The molecule has 1 aromatic carbocycles. The van der Waals surface area contributed by atoms with Gasteiger partial charge in [0.25, 0.3) is 0 Å². The molecule has 1 aliphatic heterocycles. The van der Waals surface area contributed by atoms with E-state index in [9.17, 15) is 0 Å². The smallest absolute Gasteiger partial charge is 0.0946 e. The molecule has 1 fully saturated rings. The molecule has 3 rings (SSSR count). The Kier molecular flexibility index (Phi) is 4.68. The highest BCUT2D eigenvalue weighted by Gasteiger charge is 2.16. The van der Waals surface area contributed by atoms with Crippen LogP contribution in [0.25, 0.3) is 0 Å². The van der Waals surface area contributed by atoms with Gasteiger partial charge in [0.2, 0.25) is 0 Å². The van der Waals surface area contributed by atoms with Crippen LogP contribution in [0.1, 0.15) is 11.1 Å².